The van der Waals surface area contributed by atoms with Gasteiger partial charge in [0.15, 0.2) is 0 Å². The van der Waals surface area contributed by atoms with Crippen molar-refractivity contribution in [2.24, 2.45) is 0 Å². The van der Waals surface area contributed by atoms with Crippen LogP contribution in [0.25, 0.3) is 0 Å². The number of nitro groups is 1. The summed E-state index contributed by atoms with van der Waals surface area (Å²) in [5, 5.41) is 11.1. The van der Waals surface area contributed by atoms with Crippen molar-refractivity contribution < 1.29 is 9.31 Å². The average Bonchev–Trinajstić information content (AvgIpc) is 2.37. The van der Waals surface area contributed by atoms with Crippen molar-refractivity contribution in [1.29, 1.82) is 0 Å². The average molecular weight is 281 g/mol. The summed E-state index contributed by atoms with van der Waals surface area (Å²) >= 11 is 5.83. The first-order valence-electron chi connectivity index (χ1n) is 5.43. The number of hydrogen-bond donors (Lipinski definition) is 0. The quantitative estimate of drug-likeness (QED) is 0.626. The highest BCUT2D eigenvalue weighted by molar-refractivity contribution is 6.33. The predicted molar refractivity (Wildman–Crippen MR) is 72.6 cm³/mol. The Morgan fingerprint density at radius 1 is 1.16 bits per heavy atom. The normalized spacial score (nSPS) is 10.3. The Balaban J connectivity index is 2.57. The number of rotatable bonds is 3. The van der Waals surface area contributed by atoms with Crippen LogP contribution in [0.1, 0.15) is 0 Å². The number of hydrogen-bond acceptors (Lipinski definition) is 3. The summed E-state index contributed by atoms with van der Waals surface area (Å²) in [6.07, 6.45) is 0. The maximum absolute atomic E-state index is 13.7. The third-order valence-electron chi connectivity index (χ3n) is 2.72. The molecule has 0 spiro atoms. The molecule has 0 saturated carbocycles. The van der Waals surface area contributed by atoms with Crippen LogP contribution in [0.4, 0.5) is 21.5 Å². The molecule has 0 bridgehead atoms. The van der Waals surface area contributed by atoms with Gasteiger partial charge in [-0.1, -0.05) is 29.8 Å². The van der Waals surface area contributed by atoms with Gasteiger partial charge in [-0.05, 0) is 24.3 Å². The van der Waals surface area contributed by atoms with Crippen LogP contribution in [0.15, 0.2) is 42.5 Å². The molecular weight excluding hydrogens is 271 g/mol. The minimum atomic E-state index is -0.574. The Morgan fingerprint density at radius 2 is 1.79 bits per heavy atom. The van der Waals surface area contributed by atoms with Crippen LogP contribution in [-0.2, 0) is 0 Å². The van der Waals surface area contributed by atoms with Crippen molar-refractivity contribution in [3.8, 4) is 0 Å². The second-order valence-electron chi connectivity index (χ2n) is 3.88. The number of para-hydroxylation sites is 2. The number of halogens is 2. The second-order valence-corrected chi connectivity index (χ2v) is 4.28. The zero-order valence-corrected chi connectivity index (χ0v) is 10.8. The van der Waals surface area contributed by atoms with Gasteiger partial charge >= 0.3 is 5.69 Å². The molecule has 2 rings (SSSR count). The Morgan fingerprint density at radius 3 is 2.42 bits per heavy atom. The SMILES string of the molecule is CN(c1ccccc1F)c1cccc(Cl)c1[N+](=O)[O-]. The Kier molecular flexibility index (Phi) is 3.66. The maximum Gasteiger partial charge on any atom is 0.311 e. The van der Waals surface area contributed by atoms with Gasteiger partial charge in [-0.25, -0.2) is 4.39 Å². The molecule has 0 aliphatic rings. The summed E-state index contributed by atoms with van der Waals surface area (Å²) in [4.78, 5) is 11.9. The van der Waals surface area contributed by atoms with Crippen molar-refractivity contribution in [1.82, 2.24) is 0 Å². The lowest BCUT2D eigenvalue weighted by Gasteiger charge is -2.20. The van der Waals surface area contributed by atoms with Crippen molar-refractivity contribution in [3.05, 3.63) is 63.4 Å². The molecule has 0 aliphatic heterocycles. The van der Waals surface area contributed by atoms with Gasteiger partial charge in [-0.2, -0.15) is 0 Å². The van der Waals surface area contributed by atoms with Gasteiger partial charge in [0.2, 0.25) is 0 Å². The molecule has 0 atom stereocenters. The van der Waals surface area contributed by atoms with E-state index in [1.165, 1.54) is 23.1 Å². The van der Waals surface area contributed by atoms with Gasteiger partial charge < -0.3 is 4.90 Å². The Bertz CT molecular complexity index is 634. The Labute approximate surface area is 114 Å². The molecule has 0 saturated heterocycles. The van der Waals surface area contributed by atoms with Crippen LogP contribution in [0, 0.1) is 15.9 Å². The van der Waals surface area contributed by atoms with E-state index >= 15 is 0 Å². The van der Waals surface area contributed by atoms with Crippen LogP contribution in [0.3, 0.4) is 0 Å². The monoisotopic (exact) mass is 280 g/mol. The predicted octanol–water partition coefficient (Wildman–Crippen LogP) is 4.16. The molecule has 0 unspecified atom stereocenters. The van der Waals surface area contributed by atoms with E-state index in [0.29, 0.717) is 0 Å². The third kappa shape index (κ3) is 2.51. The molecule has 2 aromatic carbocycles. The molecule has 0 heterocycles. The molecule has 0 radical (unpaired) electrons. The van der Waals surface area contributed by atoms with Gasteiger partial charge in [0, 0.05) is 7.05 Å². The zero-order chi connectivity index (χ0) is 14.0. The smallest absolute Gasteiger partial charge is 0.311 e. The number of benzene rings is 2. The molecule has 19 heavy (non-hydrogen) atoms. The standard InChI is InChI=1S/C13H10ClFN2O2/c1-16(11-7-3-2-6-10(11)15)12-8-4-5-9(14)13(12)17(18)19/h2-8H,1H3. The van der Waals surface area contributed by atoms with E-state index < -0.39 is 10.7 Å². The lowest BCUT2D eigenvalue weighted by atomic mass is 10.2. The summed E-state index contributed by atoms with van der Waals surface area (Å²) in [5.41, 5.74) is 0.241. The molecule has 0 fully saturated rings. The van der Waals surface area contributed by atoms with Crippen molar-refractivity contribution in [2.45, 2.75) is 0 Å². The summed E-state index contributed by atoms with van der Waals surface area (Å²) in [6, 6.07) is 10.6. The lowest BCUT2D eigenvalue weighted by molar-refractivity contribution is -0.383. The minimum absolute atomic E-state index is 0.0192. The van der Waals surface area contributed by atoms with Crippen molar-refractivity contribution >= 4 is 28.7 Å². The zero-order valence-electron chi connectivity index (χ0n) is 10.0. The summed E-state index contributed by atoms with van der Waals surface area (Å²) in [6.45, 7) is 0. The number of nitrogens with zero attached hydrogens (tertiary/aromatic N) is 2. The Hall–Kier alpha value is -2.14. The molecule has 0 aliphatic carbocycles. The maximum atomic E-state index is 13.7. The van der Waals surface area contributed by atoms with Gasteiger partial charge in [0.05, 0.1) is 10.6 Å². The molecule has 2 aromatic rings. The van der Waals surface area contributed by atoms with E-state index in [0.717, 1.165) is 0 Å². The van der Waals surface area contributed by atoms with Crippen molar-refractivity contribution in [2.75, 3.05) is 11.9 Å². The minimum Gasteiger partial charge on any atom is -0.337 e. The van der Waals surface area contributed by atoms with Crippen LogP contribution in [0.5, 0.6) is 0 Å². The van der Waals surface area contributed by atoms with Crippen LogP contribution >= 0.6 is 11.6 Å². The van der Waals surface area contributed by atoms with E-state index in [1.807, 2.05) is 0 Å². The molecule has 6 heteroatoms. The van der Waals surface area contributed by atoms with Crippen LogP contribution in [-0.4, -0.2) is 12.0 Å². The van der Waals surface area contributed by atoms with Crippen LogP contribution in [0.2, 0.25) is 5.02 Å². The number of anilines is 2. The largest absolute Gasteiger partial charge is 0.337 e. The number of nitro benzene ring substituents is 1. The van der Waals surface area contributed by atoms with Gasteiger partial charge in [0.25, 0.3) is 0 Å². The van der Waals surface area contributed by atoms with Gasteiger partial charge in [0.1, 0.15) is 16.5 Å². The summed E-state index contributed by atoms with van der Waals surface area (Å²) in [5.74, 6) is -0.459. The van der Waals surface area contributed by atoms with E-state index in [1.54, 1.807) is 31.3 Å². The molecule has 4 nitrogen and oxygen atoms in total. The topological polar surface area (TPSA) is 46.4 Å². The molecule has 0 aromatic heterocycles. The second kappa shape index (κ2) is 5.24. The first kappa shape index (κ1) is 13.3. The van der Waals surface area contributed by atoms with Gasteiger partial charge in [-0.3, -0.25) is 10.1 Å². The van der Waals surface area contributed by atoms with E-state index in [-0.39, 0.29) is 22.1 Å². The third-order valence-corrected chi connectivity index (χ3v) is 3.03. The van der Waals surface area contributed by atoms with E-state index in [2.05, 4.69) is 0 Å². The molecular formula is C13H10ClFN2O2. The van der Waals surface area contributed by atoms with Crippen LogP contribution < -0.4 is 4.90 Å². The summed E-state index contributed by atoms with van der Waals surface area (Å²) < 4.78 is 13.7. The molecule has 0 amide bonds. The fourth-order valence-electron chi connectivity index (χ4n) is 1.81. The van der Waals surface area contributed by atoms with E-state index in [9.17, 15) is 14.5 Å². The lowest BCUT2D eigenvalue weighted by Crippen LogP contribution is -2.13. The molecule has 0 N–H and O–H groups in total. The highest BCUT2D eigenvalue weighted by Gasteiger charge is 2.22. The van der Waals surface area contributed by atoms with Gasteiger partial charge in [-0.15, -0.1) is 0 Å². The molecule has 98 valence electrons. The fourth-order valence-corrected chi connectivity index (χ4v) is 2.05. The highest BCUT2D eigenvalue weighted by Crippen LogP contribution is 2.38. The first-order chi connectivity index (χ1) is 9.02. The first-order valence-corrected chi connectivity index (χ1v) is 5.81. The van der Waals surface area contributed by atoms with E-state index in [4.69, 9.17) is 11.6 Å². The highest BCUT2D eigenvalue weighted by atomic mass is 35.5. The van der Waals surface area contributed by atoms with Crippen molar-refractivity contribution in [3.63, 3.8) is 0 Å². The summed E-state index contributed by atoms with van der Waals surface area (Å²) in [7, 11) is 1.55. The fraction of sp³-hybridized carbons (Fsp3) is 0.0769.